The van der Waals surface area contributed by atoms with Crippen LogP contribution in [-0.2, 0) is 9.47 Å². The van der Waals surface area contributed by atoms with E-state index in [2.05, 4.69) is 10.6 Å². The Balaban J connectivity index is 1.29. The van der Waals surface area contributed by atoms with E-state index in [4.69, 9.17) is 47.4 Å². The molecule has 0 amide bonds. The maximum absolute atomic E-state index is 10.9. The number of aliphatic hydroxyl groups excluding tert-OH is 2. The predicted octanol–water partition coefficient (Wildman–Crippen LogP) is 4.57. The van der Waals surface area contributed by atoms with E-state index in [9.17, 15) is 10.2 Å². The van der Waals surface area contributed by atoms with Gasteiger partial charge in [-0.15, -0.1) is 0 Å². The smallest absolute Gasteiger partial charge is 0.161 e. The largest absolute Gasteiger partial charge is 0.493 e. The number of hydrogen-bond donors (Lipinski definition) is 4. The van der Waals surface area contributed by atoms with Crippen LogP contribution in [0, 0.1) is 0 Å². The molecule has 0 aliphatic heterocycles. The van der Waals surface area contributed by atoms with E-state index in [1.54, 1.807) is 56.9 Å². The highest BCUT2D eigenvalue weighted by Crippen LogP contribution is 2.39. The Morgan fingerprint density at radius 1 is 0.393 bits per heavy atom. The summed E-state index contributed by atoms with van der Waals surface area (Å²) in [5.41, 5.74) is 3.22. The molecule has 4 aromatic carbocycles. The zero-order valence-electron chi connectivity index (χ0n) is 33.5. The molecule has 56 heavy (non-hydrogen) atoms. The van der Waals surface area contributed by atoms with Gasteiger partial charge in [-0.2, -0.15) is 0 Å². The first kappa shape index (κ1) is 43.8. The third-order valence-corrected chi connectivity index (χ3v) is 8.99. The first-order valence-electron chi connectivity index (χ1n) is 18.1. The minimum Gasteiger partial charge on any atom is -0.493 e. The average molecular weight is 781 g/mol. The predicted molar refractivity (Wildman–Crippen MR) is 212 cm³/mol. The van der Waals surface area contributed by atoms with Gasteiger partial charge >= 0.3 is 0 Å². The van der Waals surface area contributed by atoms with Gasteiger partial charge in [-0.1, -0.05) is 24.3 Å². The van der Waals surface area contributed by atoms with Gasteiger partial charge in [0, 0.05) is 26.2 Å². The van der Waals surface area contributed by atoms with Crippen molar-refractivity contribution in [1.29, 1.82) is 0 Å². The van der Waals surface area contributed by atoms with Gasteiger partial charge in [0.1, 0.15) is 12.2 Å². The minimum absolute atomic E-state index is 0.0468. The summed E-state index contributed by atoms with van der Waals surface area (Å²) in [6.07, 6.45) is -2.70. The normalized spacial score (nSPS) is 12.3. The maximum Gasteiger partial charge on any atom is 0.161 e. The van der Waals surface area contributed by atoms with Crippen LogP contribution in [0.15, 0.2) is 72.8 Å². The van der Waals surface area contributed by atoms with E-state index in [-0.39, 0.29) is 26.3 Å². The van der Waals surface area contributed by atoms with E-state index >= 15 is 0 Å². The van der Waals surface area contributed by atoms with E-state index in [0.717, 1.165) is 22.3 Å². The van der Waals surface area contributed by atoms with Crippen molar-refractivity contribution in [3.63, 3.8) is 0 Å². The monoisotopic (exact) mass is 780 g/mol. The zero-order chi connectivity index (χ0) is 40.5. The van der Waals surface area contributed by atoms with Crippen molar-refractivity contribution in [1.82, 2.24) is 10.6 Å². The number of hydrogen-bond acceptors (Lipinski definition) is 14. The van der Waals surface area contributed by atoms with Crippen molar-refractivity contribution in [2.45, 2.75) is 24.4 Å². The van der Waals surface area contributed by atoms with Gasteiger partial charge in [-0.3, -0.25) is 0 Å². The van der Waals surface area contributed by atoms with Crippen LogP contribution < -0.4 is 48.5 Å². The average Bonchev–Trinajstić information content (AvgIpc) is 3.24. The molecule has 306 valence electrons. The molecule has 14 heteroatoms. The molecule has 4 N–H and O–H groups in total. The summed E-state index contributed by atoms with van der Waals surface area (Å²) in [6.45, 7) is 1.75. The Morgan fingerprint density at radius 2 is 0.643 bits per heavy atom. The lowest BCUT2D eigenvalue weighted by atomic mass is 10.00. The third-order valence-electron chi connectivity index (χ3n) is 8.99. The lowest BCUT2D eigenvalue weighted by molar-refractivity contribution is 0.00530. The second-order valence-electron chi connectivity index (χ2n) is 12.6. The summed E-state index contributed by atoms with van der Waals surface area (Å²) >= 11 is 0. The zero-order valence-corrected chi connectivity index (χ0v) is 33.5. The molecule has 0 fully saturated rings. The highest BCUT2D eigenvalue weighted by molar-refractivity contribution is 5.50. The Labute approximate surface area is 329 Å². The molecule has 0 saturated heterocycles. The number of aliphatic hydroxyl groups is 2. The molecule has 0 aromatic heterocycles. The highest BCUT2D eigenvalue weighted by atomic mass is 16.5. The lowest BCUT2D eigenvalue weighted by Crippen LogP contribution is -2.38. The van der Waals surface area contributed by atoms with Crippen molar-refractivity contribution in [2.24, 2.45) is 0 Å². The number of rotatable bonds is 25. The molecule has 0 heterocycles. The standard InChI is InChI=1S/C42H56N2O12/c1-47-33-13-9-27(19-37(33)51-5)41(28-10-14-34(48-2)38(20-28)52-6)55-25-31(45)23-43-17-18-44-24-32(46)26-56-42(29-11-15-35(49-3)39(21-29)53-7)30-12-16-36(50-4)40(22-30)54-8/h9-16,19-22,31-32,41-46H,17-18,23-26H2,1-8H3/t31-,32-/m0/s1. The van der Waals surface area contributed by atoms with Crippen molar-refractivity contribution < 1.29 is 57.6 Å². The topological polar surface area (TPSA) is 157 Å². The van der Waals surface area contributed by atoms with Gasteiger partial charge in [-0.25, -0.2) is 0 Å². The molecule has 0 unspecified atom stereocenters. The molecule has 2 atom stereocenters. The highest BCUT2D eigenvalue weighted by Gasteiger charge is 2.23. The Morgan fingerprint density at radius 3 is 0.875 bits per heavy atom. The van der Waals surface area contributed by atoms with Gasteiger partial charge in [0.15, 0.2) is 46.0 Å². The second-order valence-corrected chi connectivity index (χ2v) is 12.6. The summed E-state index contributed by atoms with van der Waals surface area (Å²) in [5.74, 6) is 4.59. The number of methoxy groups -OCH3 is 8. The molecule has 0 aliphatic rings. The summed E-state index contributed by atoms with van der Waals surface area (Å²) in [4.78, 5) is 0. The van der Waals surface area contributed by atoms with Crippen molar-refractivity contribution >= 4 is 0 Å². The number of nitrogens with one attached hydrogen (secondary N) is 2. The molecule has 0 aliphatic carbocycles. The fourth-order valence-electron chi connectivity index (χ4n) is 6.08. The Hall–Kier alpha value is -4.96. The van der Waals surface area contributed by atoms with Crippen LogP contribution in [0.25, 0.3) is 0 Å². The van der Waals surface area contributed by atoms with Gasteiger partial charge in [0.2, 0.25) is 0 Å². The van der Waals surface area contributed by atoms with Gasteiger partial charge in [0.05, 0.1) is 82.3 Å². The van der Waals surface area contributed by atoms with Crippen LogP contribution in [0.2, 0.25) is 0 Å². The van der Waals surface area contributed by atoms with Crippen LogP contribution in [-0.4, -0.2) is 119 Å². The number of benzene rings is 4. The van der Waals surface area contributed by atoms with Crippen LogP contribution in [0.3, 0.4) is 0 Å². The molecule has 0 bridgehead atoms. The molecule has 4 rings (SSSR count). The van der Waals surface area contributed by atoms with Crippen LogP contribution in [0.4, 0.5) is 0 Å². The fraction of sp³-hybridized carbons (Fsp3) is 0.429. The van der Waals surface area contributed by atoms with Crippen LogP contribution >= 0.6 is 0 Å². The third kappa shape index (κ3) is 11.8. The molecular formula is C42H56N2O12. The Kier molecular flexibility index (Phi) is 17.6. The van der Waals surface area contributed by atoms with E-state index in [1.165, 1.54) is 0 Å². The quantitative estimate of drug-likeness (QED) is 0.0694. The number of ether oxygens (including phenoxy) is 10. The van der Waals surface area contributed by atoms with Crippen molar-refractivity contribution in [3.05, 3.63) is 95.1 Å². The lowest BCUT2D eigenvalue weighted by Gasteiger charge is -2.23. The van der Waals surface area contributed by atoms with Gasteiger partial charge in [-0.05, 0) is 70.8 Å². The Bertz CT molecular complexity index is 1550. The van der Waals surface area contributed by atoms with Crippen LogP contribution in [0.1, 0.15) is 34.5 Å². The summed E-state index contributed by atoms with van der Waals surface area (Å²) < 4.78 is 56.4. The second kappa shape index (κ2) is 22.6. The first-order chi connectivity index (χ1) is 27.2. The van der Waals surface area contributed by atoms with E-state index in [1.807, 2.05) is 72.8 Å². The van der Waals surface area contributed by atoms with E-state index < -0.39 is 24.4 Å². The summed E-state index contributed by atoms with van der Waals surface area (Å²) in [6, 6.07) is 22.2. The molecule has 4 aromatic rings. The molecule has 0 radical (unpaired) electrons. The van der Waals surface area contributed by atoms with Gasteiger partial charge in [0.25, 0.3) is 0 Å². The SMILES string of the molecule is COc1ccc(C(OC[C@@H](O)CNCCNC[C@H](O)COC(c2ccc(OC)c(OC)c2)c2ccc(OC)c(OC)c2)c2ccc(OC)c(OC)c2)cc1OC. The van der Waals surface area contributed by atoms with Gasteiger partial charge < -0.3 is 68.2 Å². The van der Waals surface area contributed by atoms with Crippen molar-refractivity contribution in [3.8, 4) is 46.0 Å². The first-order valence-corrected chi connectivity index (χ1v) is 18.1. The molecule has 0 saturated carbocycles. The minimum atomic E-state index is -0.804. The molecular weight excluding hydrogens is 724 g/mol. The molecule has 14 nitrogen and oxygen atoms in total. The molecule has 0 spiro atoms. The maximum atomic E-state index is 10.9. The summed E-state index contributed by atoms with van der Waals surface area (Å²) in [7, 11) is 12.6. The van der Waals surface area contributed by atoms with Crippen molar-refractivity contribution in [2.75, 3.05) is 96.3 Å². The van der Waals surface area contributed by atoms with E-state index in [0.29, 0.717) is 59.1 Å². The fourth-order valence-corrected chi connectivity index (χ4v) is 6.08. The summed E-state index contributed by atoms with van der Waals surface area (Å²) in [5, 5.41) is 28.2. The van der Waals surface area contributed by atoms with Crippen LogP contribution in [0.5, 0.6) is 46.0 Å².